The minimum atomic E-state index is -0.784. The largest absolute Gasteiger partial charge is 0.489 e. The van der Waals surface area contributed by atoms with E-state index in [-0.39, 0.29) is 0 Å². The minimum Gasteiger partial charge on any atom is -0.489 e. The highest BCUT2D eigenvalue weighted by atomic mass is 35.5. The topological polar surface area (TPSA) is 49.8 Å². The van der Waals surface area contributed by atoms with Gasteiger partial charge in [-0.2, -0.15) is 11.8 Å². The highest BCUT2D eigenvalue weighted by Gasteiger charge is 2.28. The lowest BCUT2D eigenvalue weighted by Crippen LogP contribution is -2.48. The fourth-order valence-corrected chi connectivity index (χ4v) is 3.63. The van der Waals surface area contributed by atoms with E-state index < -0.39 is 12.0 Å². The number of nitrogens with zero attached hydrogens (tertiary/aromatic N) is 1. The Morgan fingerprint density at radius 3 is 2.80 bits per heavy atom. The molecule has 1 N–H and O–H groups in total. The van der Waals surface area contributed by atoms with Crippen LogP contribution in [0.3, 0.4) is 0 Å². The molecular weight excluding hydrogens is 321 g/mol. The first-order chi connectivity index (χ1) is 9.59. The third-order valence-corrected chi connectivity index (χ3v) is 4.69. The average Bonchev–Trinajstić information content (AvgIpc) is 2.42. The number of carboxylic acid groups (broad SMARTS) is 1. The van der Waals surface area contributed by atoms with E-state index in [1.165, 1.54) is 0 Å². The molecule has 7 heteroatoms. The summed E-state index contributed by atoms with van der Waals surface area (Å²) in [5.41, 5.74) is 0. The summed E-state index contributed by atoms with van der Waals surface area (Å²) in [7, 11) is 0. The van der Waals surface area contributed by atoms with Crippen molar-refractivity contribution in [2.45, 2.75) is 6.04 Å². The zero-order chi connectivity index (χ0) is 14.5. The molecular formula is C13H15Cl2NO3S. The molecule has 0 saturated carbocycles. The van der Waals surface area contributed by atoms with Crippen molar-refractivity contribution in [2.75, 3.05) is 31.2 Å². The van der Waals surface area contributed by atoms with E-state index in [4.69, 9.17) is 27.9 Å². The molecule has 0 aliphatic carbocycles. The molecule has 1 unspecified atom stereocenters. The molecule has 1 aromatic carbocycles. The fourth-order valence-electron chi connectivity index (χ4n) is 2.02. The molecule has 20 heavy (non-hydrogen) atoms. The number of aliphatic carboxylic acids is 1. The Morgan fingerprint density at radius 1 is 1.45 bits per heavy atom. The Balaban J connectivity index is 1.90. The molecule has 0 radical (unpaired) electrons. The van der Waals surface area contributed by atoms with Crippen molar-refractivity contribution in [1.82, 2.24) is 4.90 Å². The van der Waals surface area contributed by atoms with Gasteiger partial charge in [-0.05, 0) is 12.1 Å². The molecule has 1 aliphatic rings. The van der Waals surface area contributed by atoms with E-state index in [1.807, 2.05) is 4.90 Å². The van der Waals surface area contributed by atoms with Gasteiger partial charge in [-0.15, -0.1) is 0 Å². The standard InChI is InChI=1S/C13H15Cl2NO3S/c14-9-2-1-3-10(15)12(9)19-6-4-16-5-7-20-8-11(16)13(17)18/h1-3,11H,4-8H2,(H,17,18). The molecule has 1 heterocycles. The Labute approximate surface area is 132 Å². The second-order valence-electron chi connectivity index (χ2n) is 4.36. The molecule has 1 aliphatic heterocycles. The van der Waals surface area contributed by atoms with Crippen LogP contribution < -0.4 is 4.74 Å². The number of hydrogen-bond acceptors (Lipinski definition) is 4. The van der Waals surface area contributed by atoms with Crippen LogP contribution in [0.25, 0.3) is 0 Å². The van der Waals surface area contributed by atoms with Crippen LogP contribution >= 0.6 is 35.0 Å². The summed E-state index contributed by atoms with van der Waals surface area (Å²) in [5.74, 6) is 1.22. The molecule has 110 valence electrons. The maximum atomic E-state index is 11.2. The zero-order valence-electron chi connectivity index (χ0n) is 10.7. The van der Waals surface area contributed by atoms with Crippen molar-refractivity contribution in [1.29, 1.82) is 0 Å². The molecule has 1 aromatic rings. The van der Waals surface area contributed by atoms with Gasteiger partial charge in [-0.25, -0.2) is 0 Å². The van der Waals surface area contributed by atoms with Crippen molar-refractivity contribution >= 4 is 40.9 Å². The number of rotatable bonds is 5. The quantitative estimate of drug-likeness (QED) is 0.896. The van der Waals surface area contributed by atoms with Crippen LogP contribution in [0.15, 0.2) is 18.2 Å². The lowest BCUT2D eigenvalue weighted by molar-refractivity contribution is -0.142. The van der Waals surface area contributed by atoms with Crippen molar-refractivity contribution < 1.29 is 14.6 Å². The number of para-hydroxylation sites is 1. The normalized spacial score (nSPS) is 19.8. The summed E-state index contributed by atoms with van der Waals surface area (Å²) in [6, 6.07) is 4.72. The maximum Gasteiger partial charge on any atom is 0.321 e. The summed E-state index contributed by atoms with van der Waals surface area (Å²) in [6.45, 7) is 1.65. The van der Waals surface area contributed by atoms with Gasteiger partial charge < -0.3 is 9.84 Å². The molecule has 4 nitrogen and oxygen atoms in total. The third kappa shape index (κ3) is 3.95. The molecule has 0 aromatic heterocycles. The summed E-state index contributed by atoms with van der Waals surface area (Å²) in [5, 5.41) is 10.1. The first-order valence-electron chi connectivity index (χ1n) is 6.21. The van der Waals surface area contributed by atoms with Crippen molar-refractivity contribution in [3.05, 3.63) is 28.2 Å². The predicted octanol–water partition coefficient (Wildman–Crippen LogP) is 2.87. The van der Waals surface area contributed by atoms with Crippen LogP contribution in [-0.4, -0.2) is 53.2 Å². The molecule has 2 rings (SSSR count). The monoisotopic (exact) mass is 335 g/mol. The van der Waals surface area contributed by atoms with Gasteiger partial charge in [0, 0.05) is 24.6 Å². The van der Waals surface area contributed by atoms with E-state index in [0.717, 1.165) is 12.3 Å². The van der Waals surface area contributed by atoms with Crippen molar-refractivity contribution in [3.63, 3.8) is 0 Å². The van der Waals surface area contributed by atoms with Gasteiger partial charge in [0.1, 0.15) is 12.6 Å². The van der Waals surface area contributed by atoms with Gasteiger partial charge >= 0.3 is 5.97 Å². The van der Waals surface area contributed by atoms with Crippen LogP contribution in [0.2, 0.25) is 10.0 Å². The summed E-state index contributed by atoms with van der Waals surface area (Å²) < 4.78 is 5.59. The second kappa shape index (κ2) is 7.41. The van der Waals surface area contributed by atoms with Crippen molar-refractivity contribution in [2.24, 2.45) is 0 Å². The molecule has 0 spiro atoms. The second-order valence-corrected chi connectivity index (χ2v) is 6.33. The Hall–Kier alpha value is -0.620. The maximum absolute atomic E-state index is 11.2. The highest BCUT2D eigenvalue weighted by molar-refractivity contribution is 7.99. The minimum absolute atomic E-state index is 0.359. The van der Waals surface area contributed by atoms with Gasteiger partial charge in [-0.1, -0.05) is 29.3 Å². The number of benzene rings is 1. The van der Waals surface area contributed by atoms with Crippen LogP contribution in [0.1, 0.15) is 0 Å². The van der Waals surface area contributed by atoms with Gasteiger partial charge in [-0.3, -0.25) is 9.69 Å². The number of thioether (sulfide) groups is 1. The lowest BCUT2D eigenvalue weighted by Gasteiger charge is -2.32. The van der Waals surface area contributed by atoms with Gasteiger partial charge in [0.2, 0.25) is 0 Å². The van der Waals surface area contributed by atoms with Gasteiger partial charge in [0.25, 0.3) is 0 Å². The first-order valence-corrected chi connectivity index (χ1v) is 8.12. The summed E-state index contributed by atoms with van der Waals surface area (Å²) in [4.78, 5) is 13.1. The number of ether oxygens (including phenoxy) is 1. The summed E-state index contributed by atoms with van der Waals surface area (Å²) in [6.07, 6.45) is 0. The predicted molar refractivity (Wildman–Crippen MR) is 82.3 cm³/mol. The smallest absolute Gasteiger partial charge is 0.321 e. The number of carbonyl (C=O) groups is 1. The van der Waals surface area contributed by atoms with Crippen LogP contribution in [0, 0.1) is 0 Å². The van der Waals surface area contributed by atoms with E-state index in [9.17, 15) is 9.90 Å². The van der Waals surface area contributed by atoms with E-state index in [2.05, 4.69) is 0 Å². The van der Waals surface area contributed by atoms with Crippen molar-refractivity contribution in [3.8, 4) is 5.75 Å². The summed E-state index contributed by atoms with van der Waals surface area (Å²) >= 11 is 13.7. The van der Waals surface area contributed by atoms with Crippen LogP contribution in [0.4, 0.5) is 0 Å². The van der Waals surface area contributed by atoms with Crippen LogP contribution in [-0.2, 0) is 4.79 Å². The number of hydrogen-bond donors (Lipinski definition) is 1. The average molecular weight is 336 g/mol. The van der Waals surface area contributed by atoms with Gasteiger partial charge in [0.05, 0.1) is 10.0 Å². The molecule has 0 bridgehead atoms. The highest BCUT2D eigenvalue weighted by Crippen LogP contribution is 2.32. The Kier molecular flexibility index (Phi) is 5.84. The Bertz CT molecular complexity index is 466. The third-order valence-electron chi connectivity index (χ3n) is 3.07. The van der Waals surface area contributed by atoms with E-state index in [1.54, 1.807) is 30.0 Å². The number of carboxylic acids is 1. The lowest BCUT2D eigenvalue weighted by atomic mass is 10.2. The fraction of sp³-hybridized carbons (Fsp3) is 0.462. The first kappa shape index (κ1) is 15.8. The molecule has 1 atom stereocenters. The van der Waals surface area contributed by atoms with Gasteiger partial charge in [0.15, 0.2) is 5.75 Å². The molecule has 0 amide bonds. The van der Waals surface area contributed by atoms with Crippen LogP contribution in [0.5, 0.6) is 5.75 Å². The molecule has 1 fully saturated rings. The Morgan fingerprint density at radius 2 is 2.15 bits per heavy atom. The molecule has 1 saturated heterocycles. The van der Waals surface area contributed by atoms with E-state index >= 15 is 0 Å². The zero-order valence-corrected chi connectivity index (χ0v) is 13.0. The van der Waals surface area contributed by atoms with E-state index in [0.29, 0.717) is 34.7 Å². The number of halogens is 2. The SMILES string of the molecule is O=C(O)C1CSCCN1CCOc1c(Cl)cccc1Cl.